The van der Waals surface area contributed by atoms with Gasteiger partial charge in [-0.25, -0.2) is 9.69 Å². The summed E-state index contributed by atoms with van der Waals surface area (Å²) in [6.45, 7) is 3.97. The molecule has 0 radical (unpaired) electrons. The van der Waals surface area contributed by atoms with Crippen LogP contribution in [0.15, 0.2) is 36.4 Å². The number of rotatable bonds is 3. The van der Waals surface area contributed by atoms with Crippen molar-refractivity contribution in [2.45, 2.75) is 20.3 Å². The van der Waals surface area contributed by atoms with Crippen LogP contribution in [0, 0.1) is 23.2 Å². The summed E-state index contributed by atoms with van der Waals surface area (Å²) in [5.41, 5.74) is 0.303. The minimum atomic E-state index is -0.629. The van der Waals surface area contributed by atoms with Gasteiger partial charge in [-0.3, -0.25) is 9.59 Å². The van der Waals surface area contributed by atoms with Gasteiger partial charge in [-0.15, -0.1) is 0 Å². The monoisotopic (exact) mass is 325 g/mol. The Morgan fingerprint density at radius 1 is 1.25 bits per heavy atom. The van der Waals surface area contributed by atoms with E-state index in [4.69, 9.17) is 4.74 Å². The van der Waals surface area contributed by atoms with Crippen LogP contribution < -0.4 is 4.90 Å². The lowest BCUT2D eigenvalue weighted by Gasteiger charge is -2.28. The number of hydrogen-bond donors (Lipinski definition) is 0. The summed E-state index contributed by atoms with van der Waals surface area (Å²) in [7, 11) is 0. The Hall–Kier alpha value is -2.43. The molecule has 2 aliphatic carbocycles. The Balaban J connectivity index is 1.65. The van der Waals surface area contributed by atoms with Gasteiger partial charge >= 0.3 is 5.97 Å². The molecule has 0 spiro atoms. The number of hydrogen-bond acceptors (Lipinski definition) is 4. The highest BCUT2D eigenvalue weighted by atomic mass is 16.5. The molecule has 1 saturated carbocycles. The van der Waals surface area contributed by atoms with Gasteiger partial charge in [0.1, 0.15) is 0 Å². The first kappa shape index (κ1) is 15.1. The zero-order valence-corrected chi connectivity index (χ0v) is 13.7. The SMILES string of the molecule is CCOC(=O)c1ccc(N2C(=O)[C@H]3[C@H]4C=C[C@@H](C4)[C@@]3(C)C2=O)cc1. The fourth-order valence-corrected chi connectivity index (χ4v) is 4.51. The number of benzene rings is 1. The number of amides is 2. The van der Waals surface area contributed by atoms with Crippen LogP contribution in [0.25, 0.3) is 0 Å². The molecule has 0 aromatic heterocycles. The average Bonchev–Trinajstić information content (AvgIpc) is 3.20. The Labute approximate surface area is 140 Å². The lowest BCUT2D eigenvalue weighted by Crippen LogP contribution is -2.37. The molecule has 2 fully saturated rings. The number of ether oxygens (including phenoxy) is 1. The highest BCUT2D eigenvalue weighted by Gasteiger charge is 2.67. The van der Waals surface area contributed by atoms with Crippen molar-refractivity contribution in [2.24, 2.45) is 23.2 Å². The quantitative estimate of drug-likeness (QED) is 0.487. The van der Waals surface area contributed by atoms with Crippen molar-refractivity contribution in [1.82, 2.24) is 0 Å². The van der Waals surface area contributed by atoms with E-state index in [9.17, 15) is 14.4 Å². The smallest absolute Gasteiger partial charge is 0.338 e. The fraction of sp³-hybridized carbons (Fsp3) is 0.421. The van der Waals surface area contributed by atoms with Crippen molar-refractivity contribution in [2.75, 3.05) is 11.5 Å². The highest BCUT2D eigenvalue weighted by Crippen LogP contribution is 2.60. The lowest BCUT2D eigenvalue weighted by atomic mass is 9.71. The summed E-state index contributed by atoms with van der Waals surface area (Å²) in [5, 5.41) is 0. The summed E-state index contributed by atoms with van der Waals surface area (Å²) in [6, 6.07) is 6.47. The van der Waals surface area contributed by atoms with E-state index in [-0.39, 0.29) is 29.6 Å². The molecular weight excluding hydrogens is 306 g/mol. The first-order chi connectivity index (χ1) is 11.5. The molecule has 2 amide bonds. The molecule has 1 aliphatic heterocycles. The van der Waals surface area contributed by atoms with E-state index >= 15 is 0 Å². The normalized spacial score (nSPS) is 33.2. The van der Waals surface area contributed by atoms with Gasteiger partial charge in [0.05, 0.1) is 29.2 Å². The Morgan fingerprint density at radius 2 is 1.96 bits per heavy atom. The number of anilines is 1. The highest BCUT2D eigenvalue weighted by molar-refractivity contribution is 6.24. The van der Waals surface area contributed by atoms with Crippen LogP contribution in [0.1, 0.15) is 30.6 Å². The third-order valence-electron chi connectivity index (χ3n) is 5.75. The van der Waals surface area contributed by atoms with Gasteiger partial charge in [0.15, 0.2) is 0 Å². The zero-order valence-electron chi connectivity index (χ0n) is 13.7. The van der Waals surface area contributed by atoms with Crippen molar-refractivity contribution >= 4 is 23.5 Å². The van der Waals surface area contributed by atoms with Crippen LogP contribution in [0.5, 0.6) is 0 Å². The van der Waals surface area contributed by atoms with E-state index in [0.717, 1.165) is 6.42 Å². The fourth-order valence-electron chi connectivity index (χ4n) is 4.51. The molecule has 3 aliphatic rings. The van der Waals surface area contributed by atoms with Crippen LogP contribution in [-0.2, 0) is 14.3 Å². The minimum Gasteiger partial charge on any atom is -0.462 e. The summed E-state index contributed by atoms with van der Waals surface area (Å²) in [6.07, 6.45) is 5.06. The maximum Gasteiger partial charge on any atom is 0.338 e. The largest absolute Gasteiger partial charge is 0.462 e. The van der Waals surface area contributed by atoms with E-state index in [2.05, 4.69) is 12.2 Å². The predicted octanol–water partition coefficient (Wildman–Crippen LogP) is 2.56. The maximum absolute atomic E-state index is 13.0. The van der Waals surface area contributed by atoms with Crippen molar-refractivity contribution in [3.05, 3.63) is 42.0 Å². The van der Waals surface area contributed by atoms with Crippen LogP contribution in [0.4, 0.5) is 5.69 Å². The van der Waals surface area contributed by atoms with E-state index in [1.807, 2.05) is 6.92 Å². The van der Waals surface area contributed by atoms with Crippen LogP contribution in [0.2, 0.25) is 0 Å². The van der Waals surface area contributed by atoms with Crippen LogP contribution in [0.3, 0.4) is 0 Å². The third kappa shape index (κ3) is 1.78. The minimum absolute atomic E-state index is 0.122. The van der Waals surface area contributed by atoms with Gasteiger partial charge in [-0.2, -0.15) is 0 Å². The Kier molecular flexibility index (Phi) is 3.17. The van der Waals surface area contributed by atoms with Gasteiger partial charge < -0.3 is 4.74 Å². The summed E-state index contributed by atoms with van der Waals surface area (Å²) in [5.74, 6) is -0.603. The van der Waals surface area contributed by atoms with Crippen molar-refractivity contribution < 1.29 is 19.1 Å². The summed E-state index contributed by atoms with van der Waals surface area (Å²) >= 11 is 0. The molecule has 1 aromatic carbocycles. The molecule has 24 heavy (non-hydrogen) atoms. The van der Waals surface area contributed by atoms with Crippen molar-refractivity contribution in [1.29, 1.82) is 0 Å². The first-order valence-electron chi connectivity index (χ1n) is 8.32. The van der Waals surface area contributed by atoms with Gasteiger partial charge in [-0.1, -0.05) is 12.2 Å². The maximum atomic E-state index is 13.0. The third-order valence-corrected chi connectivity index (χ3v) is 5.75. The molecule has 5 nitrogen and oxygen atoms in total. The molecule has 0 N–H and O–H groups in total. The lowest BCUT2D eigenvalue weighted by molar-refractivity contribution is -0.127. The van der Waals surface area contributed by atoms with Crippen LogP contribution >= 0.6 is 0 Å². The molecule has 4 rings (SSSR count). The predicted molar refractivity (Wildman–Crippen MR) is 87.2 cm³/mol. The second-order valence-corrected chi connectivity index (χ2v) is 6.90. The van der Waals surface area contributed by atoms with Gasteiger partial charge in [-0.05, 0) is 56.4 Å². The molecule has 0 unspecified atom stereocenters. The van der Waals surface area contributed by atoms with Crippen LogP contribution in [-0.4, -0.2) is 24.4 Å². The molecule has 1 aromatic rings. The van der Waals surface area contributed by atoms with E-state index in [1.54, 1.807) is 31.2 Å². The number of esters is 1. The Bertz CT molecular complexity index is 766. The van der Waals surface area contributed by atoms with Crippen molar-refractivity contribution in [3.63, 3.8) is 0 Å². The number of imide groups is 1. The second kappa shape index (κ2) is 5.03. The summed E-state index contributed by atoms with van der Waals surface area (Å²) in [4.78, 5) is 38.9. The van der Waals surface area contributed by atoms with Gasteiger partial charge in [0.2, 0.25) is 11.8 Å². The number of carbonyl (C=O) groups excluding carboxylic acids is 3. The number of carbonyl (C=O) groups is 3. The van der Waals surface area contributed by atoms with Crippen molar-refractivity contribution in [3.8, 4) is 0 Å². The topological polar surface area (TPSA) is 63.7 Å². The standard InChI is InChI=1S/C19H19NO4/c1-3-24-17(22)11-5-8-14(9-6-11)20-16(21)15-12-4-7-13(10-12)19(15,2)18(20)23/h4-9,12-13,15H,3,10H2,1-2H3/t12-,13-,15+,19+/m0/s1. The number of allylic oxidation sites excluding steroid dienone is 2. The average molecular weight is 325 g/mol. The zero-order chi connectivity index (χ0) is 17.1. The molecule has 124 valence electrons. The number of nitrogens with zero attached hydrogens (tertiary/aromatic N) is 1. The van der Waals surface area contributed by atoms with Gasteiger partial charge in [0.25, 0.3) is 0 Å². The molecule has 5 heteroatoms. The Morgan fingerprint density at radius 3 is 2.58 bits per heavy atom. The van der Waals surface area contributed by atoms with E-state index in [1.165, 1.54) is 4.90 Å². The molecule has 4 atom stereocenters. The molecule has 1 heterocycles. The number of fused-ring (bicyclic) bond motifs is 5. The second-order valence-electron chi connectivity index (χ2n) is 6.90. The van der Waals surface area contributed by atoms with Gasteiger partial charge in [0, 0.05) is 0 Å². The molecular formula is C19H19NO4. The molecule has 2 bridgehead atoms. The summed E-state index contributed by atoms with van der Waals surface area (Å²) < 4.78 is 4.95. The van der Waals surface area contributed by atoms with E-state index < -0.39 is 11.4 Å². The molecule has 1 saturated heterocycles. The van der Waals surface area contributed by atoms with E-state index in [0.29, 0.717) is 17.9 Å². The first-order valence-corrected chi connectivity index (χ1v) is 8.32.